The smallest absolute Gasteiger partial charge is 0.317 e. The number of nitrogens with zero attached hydrogens (tertiary/aromatic N) is 1. The molecule has 1 aromatic carbocycles. The highest BCUT2D eigenvalue weighted by atomic mass is 16.5. The topological polar surface area (TPSA) is 50.8 Å². The number of urea groups is 1. The molecule has 1 aromatic rings. The van der Waals surface area contributed by atoms with E-state index >= 15 is 0 Å². The SMILES string of the molecule is COCC(C)NC(=O)N(C)CCOc1ccc(C)cc1. The average molecular weight is 280 g/mol. The molecule has 112 valence electrons. The van der Waals surface area contributed by atoms with Crippen molar-refractivity contribution in [2.24, 2.45) is 0 Å². The second kappa shape index (κ2) is 8.43. The van der Waals surface area contributed by atoms with E-state index < -0.39 is 0 Å². The fourth-order valence-electron chi connectivity index (χ4n) is 1.65. The van der Waals surface area contributed by atoms with Gasteiger partial charge in [0.1, 0.15) is 12.4 Å². The maximum absolute atomic E-state index is 11.8. The van der Waals surface area contributed by atoms with Gasteiger partial charge in [0, 0.05) is 14.2 Å². The molecule has 0 bridgehead atoms. The third kappa shape index (κ3) is 5.93. The van der Waals surface area contributed by atoms with Crippen molar-refractivity contribution in [3.8, 4) is 5.75 Å². The second-order valence-electron chi connectivity index (χ2n) is 4.89. The Hall–Kier alpha value is -1.75. The third-order valence-corrected chi connectivity index (χ3v) is 2.85. The molecule has 0 aliphatic rings. The number of hydrogen-bond donors (Lipinski definition) is 1. The lowest BCUT2D eigenvalue weighted by Crippen LogP contribution is -2.44. The highest BCUT2D eigenvalue weighted by molar-refractivity contribution is 5.74. The molecule has 1 rings (SSSR count). The summed E-state index contributed by atoms with van der Waals surface area (Å²) >= 11 is 0. The van der Waals surface area contributed by atoms with Crippen molar-refractivity contribution in [2.45, 2.75) is 19.9 Å². The first-order chi connectivity index (χ1) is 9.52. The number of likely N-dealkylation sites (N-methyl/N-ethyl adjacent to an activating group) is 1. The Bertz CT molecular complexity index is 406. The van der Waals surface area contributed by atoms with Crippen LogP contribution < -0.4 is 10.1 Å². The van der Waals surface area contributed by atoms with E-state index in [1.165, 1.54) is 5.56 Å². The van der Waals surface area contributed by atoms with Gasteiger partial charge in [0.05, 0.1) is 19.2 Å². The van der Waals surface area contributed by atoms with E-state index in [0.717, 1.165) is 5.75 Å². The fraction of sp³-hybridized carbons (Fsp3) is 0.533. The van der Waals surface area contributed by atoms with Gasteiger partial charge in [-0.25, -0.2) is 4.79 Å². The molecule has 2 amide bonds. The van der Waals surface area contributed by atoms with Crippen LogP contribution in [0.4, 0.5) is 4.79 Å². The van der Waals surface area contributed by atoms with Crippen LogP contribution in [-0.4, -0.2) is 50.9 Å². The van der Waals surface area contributed by atoms with Crippen LogP contribution in [-0.2, 0) is 4.74 Å². The van der Waals surface area contributed by atoms with Crippen molar-refractivity contribution in [3.05, 3.63) is 29.8 Å². The molecule has 0 fully saturated rings. The summed E-state index contributed by atoms with van der Waals surface area (Å²) in [6, 6.07) is 7.72. The molecule has 20 heavy (non-hydrogen) atoms. The zero-order valence-corrected chi connectivity index (χ0v) is 12.7. The standard InChI is InChI=1S/C15H24N2O3/c1-12-5-7-14(8-6-12)20-10-9-17(3)15(18)16-13(2)11-19-4/h5-8,13H,9-11H2,1-4H3,(H,16,18). The van der Waals surface area contributed by atoms with Gasteiger partial charge in [-0.3, -0.25) is 0 Å². The van der Waals surface area contributed by atoms with Crippen LogP contribution in [0.3, 0.4) is 0 Å². The average Bonchev–Trinajstić information content (AvgIpc) is 2.41. The number of benzene rings is 1. The summed E-state index contributed by atoms with van der Waals surface area (Å²) in [6.07, 6.45) is 0. The highest BCUT2D eigenvalue weighted by Gasteiger charge is 2.11. The van der Waals surface area contributed by atoms with Gasteiger partial charge in [0.2, 0.25) is 0 Å². The summed E-state index contributed by atoms with van der Waals surface area (Å²) in [7, 11) is 3.36. The zero-order chi connectivity index (χ0) is 15.0. The van der Waals surface area contributed by atoms with Crippen LogP contribution in [0.1, 0.15) is 12.5 Å². The molecule has 0 heterocycles. The van der Waals surface area contributed by atoms with Crippen LogP contribution in [0.5, 0.6) is 5.75 Å². The number of aryl methyl sites for hydroxylation is 1. The van der Waals surface area contributed by atoms with E-state index in [1.54, 1.807) is 19.1 Å². The normalized spacial score (nSPS) is 11.8. The molecule has 0 saturated heterocycles. The van der Waals surface area contributed by atoms with E-state index in [9.17, 15) is 4.79 Å². The minimum atomic E-state index is -0.123. The molecular weight excluding hydrogens is 256 g/mol. The molecule has 1 N–H and O–H groups in total. The fourth-order valence-corrected chi connectivity index (χ4v) is 1.65. The summed E-state index contributed by atoms with van der Waals surface area (Å²) in [4.78, 5) is 13.4. The van der Waals surface area contributed by atoms with Gasteiger partial charge in [0.25, 0.3) is 0 Å². The summed E-state index contributed by atoms with van der Waals surface area (Å²) < 4.78 is 10.6. The Kier molecular flexibility index (Phi) is 6.87. The van der Waals surface area contributed by atoms with Crippen molar-refractivity contribution in [2.75, 3.05) is 33.9 Å². The van der Waals surface area contributed by atoms with Crippen LogP contribution in [0.15, 0.2) is 24.3 Å². The van der Waals surface area contributed by atoms with Crippen LogP contribution >= 0.6 is 0 Å². The highest BCUT2D eigenvalue weighted by Crippen LogP contribution is 2.11. The lowest BCUT2D eigenvalue weighted by Gasteiger charge is -2.21. The number of ether oxygens (including phenoxy) is 2. The van der Waals surface area contributed by atoms with Gasteiger partial charge >= 0.3 is 6.03 Å². The molecular formula is C15H24N2O3. The van der Waals surface area contributed by atoms with Gasteiger partial charge in [0.15, 0.2) is 0 Å². The molecule has 0 aliphatic carbocycles. The largest absolute Gasteiger partial charge is 0.492 e. The van der Waals surface area contributed by atoms with Crippen molar-refractivity contribution in [3.63, 3.8) is 0 Å². The third-order valence-electron chi connectivity index (χ3n) is 2.85. The van der Waals surface area contributed by atoms with Crippen molar-refractivity contribution in [1.29, 1.82) is 0 Å². The number of amides is 2. The van der Waals surface area contributed by atoms with E-state index in [0.29, 0.717) is 19.8 Å². The van der Waals surface area contributed by atoms with Crippen molar-refractivity contribution >= 4 is 6.03 Å². The van der Waals surface area contributed by atoms with E-state index in [1.807, 2.05) is 38.1 Å². The van der Waals surface area contributed by atoms with Gasteiger partial charge in [-0.2, -0.15) is 0 Å². The molecule has 0 saturated carbocycles. The van der Waals surface area contributed by atoms with Crippen LogP contribution in [0.25, 0.3) is 0 Å². The first-order valence-electron chi connectivity index (χ1n) is 6.73. The van der Waals surface area contributed by atoms with Gasteiger partial charge in [-0.1, -0.05) is 17.7 Å². The minimum Gasteiger partial charge on any atom is -0.492 e. The van der Waals surface area contributed by atoms with E-state index in [-0.39, 0.29) is 12.1 Å². The number of hydrogen-bond acceptors (Lipinski definition) is 3. The molecule has 5 nitrogen and oxygen atoms in total. The summed E-state index contributed by atoms with van der Waals surface area (Å²) in [5.74, 6) is 0.817. The molecule has 5 heteroatoms. The van der Waals surface area contributed by atoms with Crippen LogP contribution in [0, 0.1) is 6.92 Å². The maximum Gasteiger partial charge on any atom is 0.317 e. The molecule has 1 atom stereocenters. The zero-order valence-electron chi connectivity index (χ0n) is 12.7. The number of methoxy groups -OCH3 is 1. The molecule has 0 aromatic heterocycles. The number of rotatable bonds is 7. The Morgan fingerprint density at radius 1 is 1.35 bits per heavy atom. The van der Waals surface area contributed by atoms with E-state index in [4.69, 9.17) is 9.47 Å². The first kappa shape index (κ1) is 16.3. The van der Waals surface area contributed by atoms with Gasteiger partial charge in [-0.15, -0.1) is 0 Å². The lowest BCUT2D eigenvalue weighted by atomic mass is 10.2. The second-order valence-corrected chi connectivity index (χ2v) is 4.89. The first-order valence-corrected chi connectivity index (χ1v) is 6.73. The molecule has 0 aliphatic heterocycles. The summed E-state index contributed by atoms with van der Waals surface area (Å²) in [5, 5.41) is 2.84. The quantitative estimate of drug-likeness (QED) is 0.831. The predicted molar refractivity (Wildman–Crippen MR) is 79.2 cm³/mol. The Morgan fingerprint density at radius 2 is 2.00 bits per heavy atom. The molecule has 1 unspecified atom stereocenters. The number of nitrogens with one attached hydrogen (secondary N) is 1. The van der Waals surface area contributed by atoms with Gasteiger partial charge < -0.3 is 19.7 Å². The Balaban J connectivity index is 2.26. The number of carbonyl (C=O) groups excluding carboxylic acids is 1. The maximum atomic E-state index is 11.8. The van der Waals surface area contributed by atoms with E-state index in [2.05, 4.69) is 5.32 Å². The van der Waals surface area contributed by atoms with Crippen LogP contribution in [0.2, 0.25) is 0 Å². The molecule has 0 spiro atoms. The minimum absolute atomic E-state index is 0.00651. The summed E-state index contributed by atoms with van der Waals surface area (Å²) in [5.41, 5.74) is 1.20. The van der Waals surface area contributed by atoms with Crippen molar-refractivity contribution < 1.29 is 14.3 Å². The van der Waals surface area contributed by atoms with Gasteiger partial charge in [-0.05, 0) is 26.0 Å². The summed E-state index contributed by atoms with van der Waals surface area (Å²) in [6.45, 7) is 5.42. The Morgan fingerprint density at radius 3 is 2.60 bits per heavy atom. The Labute approximate surface area is 120 Å². The lowest BCUT2D eigenvalue weighted by molar-refractivity contribution is 0.159. The predicted octanol–water partition coefficient (Wildman–Crippen LogP) is 2.05. The molecule has 0 radical (unpaired) electrons. The monoisotopic (exact) mass is 280 g/mol. The van der Waals surface area contributed by atoms with Crippen molar-refractivity contribution in [1.82, 2.24) is 10.2 Å². The number of carbonyl (C=O) groups is 1.